The highest BCUT2D eigenvalue weighted by molar-refractivity contribution is 5.94. The minimum Gasteiger partial charge on any atom is -0.494 e. The van der Waals surface area contributed by atoms with Crippen LogP contribution in [0.5, 0.6) is 11.5 Å². The van der Waals surface area contributed by atoms with E-state index in [1.54, 1.807) is 18.2 Å². The number of aromatic nitrogens is 1. The Kier molecular flexibility index (Phi) is 4.73. The summed E-state index contributed by atoms with van der Waals surface area (Å²) >= 11 is 0. The van der Waals surface area contributed by atoms with E-state index in [0.29, 0.717) is 27.8 Å². The van der Waals surface area contributed by atoms with E-state index in [0.717, 1.165) is 6.07 Å². The smallest absolute Gasteiger partial charge is 0.494 e. The molecule has 30 heavy (non-hydrogen) atoms. The number of alkyl halides is 3. The molecular weight excluding hydrogens is 404 g/mol. The molecule has 0 spiro atoms. The Balaban J connectivity index is 1.73. The molecule has 0 aliphatic heterocycles. The standard InChI is InChI=1S/C21H14F4N2O3/c1-29-19-10-18-15(9-16(19)22)20(28)14-8-12(5-6-17(14)27-18)26-11-3-2-4-13(7-11)30-21(23,24)25/h2-10,26H,1H3,(H,27,28). The molecule has 0 saturated carbocycles. The molecule has 4 rings (SSSR count). The van der Waals surface area contributed by atoms with Crippen LogP contribution < -0.4 is 20.2 Å². The van der Waals surface area contributed by atoms with E-state index in [1.165, 1.54) is 37.4 Å². The fourth-order valence-corrected chi connectivity index (χ4v) is 3.15. The van der Waals surface area contributed by atoms with Crippen LogP contribution in [0.1, 0.15) is 0 Å². The molecular formula is C21H14F4N2O3. The average molecular weight is 418 g/mol. The third-order valence-electron chi connectivity index (χ3n) is 4.43. The highest BCUT2D eigenvalue weighted by Crippen LogP contribution is 2.28. The van der Waals surface area contributed by atoms with Crippen molar-refractivity contribution in [2.45, 2.75) is 6.36 Å². The number of hydrogen-bond acceptors (Lipinski definition) is 4. The average Bonchev–Trinajstić information content (AvgIpc) is 2.68. The van der Waals surface area contributed by atoms with Gasteiger partial charge in [-0.3, -0.25) is 4.79 Å². The van der Waals surface area contributed by atoms with Gasteiger partial charge in [0.1, 0.15) is 5.75 Å². The van der Waals surface area contributed by atoms with Crippen LogP contribution >= 0.6 is 0 Å². The third-order valence-corrected chi connectivity index (χ3v) is 4.43. The number of rotatable bonds is 4. The predicted molar refractivity (Wildman–Crippen MR) is 105 cm³/mol. The monoisotopic (exact) mass is 418 g/mol. The van der Waals surface area contributed by atoms with Gasteiger partial charge in [-0.1, -0.05) is 6.07 Å². The first-order valence-electron chi connectivity index (χ1n) is 8.69. The summed E-state index contributed by atoms with van der Waals surface area (Å²) in [6, 6.07) is 12.7. The van der Waals surface area contributed by atoms with Gasteiger partial charge in [-0.05, 0) is 36.4 Å². The first kappa shape index (κ1) is 19.6. The topological polar surface area (TPSA) is 63.4 Å². The van der Waals surface area contributed by atoms with Crippen molar-refractivity contribution in [3.05, 3.63) is 70.6 Å². The number of methoxy groups -OCH3 is 1. The lowest BCUT2D eigenvalue weighted by Gasteiger charge is -2.12. The number of fused-ring (bicyclic) bond motifs is 2. The van der Waals surface area contributed by atoms with Crippen LogP contribution in [0.3, 0.4) is 0 Å². The van der Waals surface area contributed by atoms with E-state index >= 15 is 0 Å². The van der Waals surface area contributed by atoms with Crippen molar-refractivity contribution in [3.8, 4) is 11.5 Å². The molecule has 3 aromatic carbocycles. The molecule has 2 N–H and O–H groups in total. The predicted octanol–water partition coefficient (Wildman–Crippen LogP) is 5.47. The number of ether oxygens (including phenoxy) is 2. The number of nitrogens with one attached hydrogen (secondary N) is 2. The molecule has 9 heteroatoms. The second-order valence-corrected chi connectivity index (χ2v) is 6.45. The van der Waals surface area contributed by atoms with Gasteiger partial charge >= 0.3 is 6.36 Å². The van der Waals surface area contributed by atoms with Gasteiger partial charge in [0.15, 0.2) is 17.0 Å². The van der Waals surface area contributed by atoms with Crippen LogP contribution in [0.2, 0.25) is 0 Å². The lowest BCUT2D eigenvalue weighted by atomic mass is 10.1. The second kappa shape index (κ2) is 7.25. The zero-order chi connectivity index (χ0) is 21.5. The fourth-order valence-electron chi connectivity index (χ4n) is 3.15. The number of hydrogen-bond donors (Lipinski definition) is 2. The van der Waals surface area contributed by atoms with Gasteiger partial charge in [-0.15, -0.1) is 13.2 Å². The van der Waals surface area contributed by atoms with Gasteiger partial charge in [-0.2, -0.15) is 0 Å². The fraction of sp³-hybridized carbons (Fsp3) is 0.0952. The van der Waals surface area contributed by atoms with E-state index < -0.39 is 17.6 Å². The number of benzene rings is 3. The van der Waals surface area contributed by atoms with Gasteiger partial charge in [-0.25, -0.2) is 4.39 Å². The van der Waals surface area contributed by atoms with Crippen molar-refractivity contribution in [1.82, 2.24) is 4.98 Å². The van der Waals surface area contributed by atoms with E-state index in [9.17, 15) is 22.4 Å². The summed E-state index contributed by atoms with van der Waals surface area (Å²) in [6.45, 7) is 0. The maximum Gasteiger partial charge on any atom is 0.573 e. The molecule has 0 amide bonds. The van der Waals surface area contributed by atoms with Crippen molar-refractivity contribution >= 4 is 33.2 Å². The number of aromatic amines is 1. The summed E-state index contributed by atoms with van der Waals surface area (Å²) in [7, 11) is 1.33. The molecule has 0 radical (unpaired) electrons. The van der Waals surface area contributed by atoms with Gasteiger partial charge in [0, 0.05) is 39.8 Å². The Labute approximate surface area is 166 Å². The molecule has 0 aliphatic carbocycles. The number of anilines is 2. The molecule has 0 aliphatic rings. The Hall–Kier alpha value is -3.75. The minimum absolute atomic E-state index is 0.0109. The van der Waals surface area contributed by atoms with Crippen molar-refractivity contribution in [2.75, 3.05) is 12.4 Å². The molecule has 1 aromatic heterocycles. The number of pyridine rings is 1. The largest absolute Gasteiger partial charge is 0.573 e. The minimum atomic E-state index is -4.80. The summed E-state index contributed by atoms with van der Waals surface area (Å²) < 4.78 is 60.1. The SMILES string of the molecule is COc1cc2[nH]c3ccc(Nc4cccc(OC(F)(F)F)c4)cc3c(=O)c2cc1F. The quantitative estimate of drug-likeness (QED) is 0.341. The van der Waals surface area contributed by atoms with Crippen LogP contribution in [0.15, 0.2) is 59.4 Å². The molecule has 154 valence electrons. The van der Waals surface area contributed by atoms with Crippen molar-refractivity contribution in [1.29, 1.82) is 0 Å². The Morgan fingerprint density at radius 2 is 1.67 bits per heavy atom. The molecule has 0 unspecified atom stereocenters. The third kappa shape index (κ3) is 3.86. The highest BCUT2D eigenvalue weighted by Gasteiger charge is 2.31. The Morgan fingerprint density at radius 3 is 2.40 bits per heavy atom. The molecule has 4 aromatic rings. The molecule has 0 fully saturated rings. The molecule has 0 atom stereocenters. The van der Waals surface area contributed by atoms with E-state index in [2.05, 4.69) is 15.0 Å². The number of H-pyrrole nitrogens is 1. The zero-order valence-corrected chi connectivity index (χ0v) is 15.4. The zero-order valence-electron chi connectivity index (χ0n) is 15.4. The molecule has 1 heterocycles. The van der Waals surface area contributed by atoms with E-state index in [4.69, 9.17) is 4.74 Å². The second-order valence-electron chi connectivity index (χ2n) is 6.45. The van der Waals surface area contributed by atoms with Gasteiger partial charge in [0.25, 0.3) is 0 Å². The van der Waals surface area contributed by atoms with Gasteiger partial charge in [0.05, 0.1) is 12.6 Å². The van der Waals surface area contributed by atoms with Crippen LogP contribution in [-0.2, 0) is 0 Å². The highest BCUT2D eigenvalue weighted by atomic mass is 19.4. The van der Waals surface area contributed by atoms with Crippen LogP contribution in [0.25, 0.3) is 21.8 Å². The first-order chi connectivity index (χ1) is 14.2. The summed E-state index contributed by atoms with van der Waals surface area (Å²) in [6.07, 6.45) is -4.80. The van der Waals surface area contributed by atoms with E-state index in [-0.39, 0.29) is 16.9 Å². The molecule has 5 nitrogen and oxygen atoms in total. The number of halogens is 4. The Morgan fingerprint density at radius 1 is 0.933 bits per heavy atom. The lowest BCUT2D eigenvalue weighted by molar-refractivity contribution is -0.274. The Bertz CT molecular complexity index is 1320. The van der Waals surface area contributed by atoms with Crippen LogP contribution in [0.4, 0.5) is 28.9 Å². The van der Waals surface area contributed by atoms with Crippen molar-refractivity contribution < 1.29 is 27.0 Å². The van der Waals surface area contributed by atoms with Gasteiger partial charge < -0.3 is 19.8 Å². The van der Waals surface area contributed by atoms with Crippen LogP contribution in [0, 0.1) is 5.82 Å². The summed E-state index contributed by atoms with van der Waals surface area (Å²) in [5.41, 5.74) is 1.34. The van der Waals surface area contributed by atoms with Gasteiger partial charge in [0.2, 0.25) is 0 Å². The summed E-state index contributed by atoms with van der Waals surface area (Å²) in [5, 5.41) is 3.38. The van der Waals surface area contributed by atoms with Crippen molar-refractivity contribution in [3.63, 3.8) is 0 Å². The first-order valence-corrected chi connectivity index (χ1v) is 8.69. The maximum absolute atomic E-state index is 14.0. The lowest BCUT2D eigenvalue weighted by Crippen LogP contribution is -2.17. The van der Waals surface area contributed by atoms with Crippen molar-refractivity contribution in [2.24, 2.45) is 0 Å². The van der Waals surface area contributed by atoms with E-state index in [1.807, 2.05) is 0 Å². The summed E-state index contributed by atoms with van der Waals surface area (Å²) in [4.78, 5) is 15.9. The van der Waals surface area contributed by atoms with Crippen LogP contribution in [-0.4, -0.2) is 18.5 Å². The summed E-state index contributed by atoms with van der Waals surface area (Å²) in [5.74, 6) is -1.02. The molecule has 0 saturated heterocycles. The molecule has 0 bridgehead atoms. The normalized spacial score (nSPS) is 11.6. The maximum atomic E-state index is 14.0.